The van der Waals surface area contributed by atoms with Crippen molar-refractivity contribution in [3.63, 3.8) is 0 Å². The van der Waals surface area contributed by atoms with Gasteiger partial charge in [0.2, 0.25) is 0 Å². The highest BCUT2D eigenvalue weighted by atomic mass is 35.5. The zero-order valence-corrected chi connectivity index (χ0v) is 10.8. The number of rotatable bonds is 2. The minimum atomic E-state index is 0.156. The molecule has 2 heteroatoms. The first kappa shape index (κ1) is 11.9. The second kappa shape index (κ2) is 4.77. The summed E-state index contributed by atoms with van der Waals surface area (Å²) >= 11 is 6.14. The van der Waals surface area contributed by atoms with Crippen LogP contribution < -0.4 is 5.73 Å². The Morgan fingerprint density at radius 3 is 2.69 bits per heavy atom. The van der Waals surface area contributed by atoms with Crippen LogP contribution in [0.15, 0.2) is 18.2 Å². The quantitative estimate of drug-likeness (QED) is 0.824. The van der Waals surface area contributed by atoms with Gasteiger partial charge in [0.1, 0.15) is 0 Å². The number of nitrogens with two attached hydrogens (primary N) is 1. The number of hydrogen-bond donors (Lipinski definition) is 1. The van der Waals surface area contributed by atoms with Crippen molar-refractivity contribution in [1.29, 1.82) is 0 Å². The molecule has 0 radical (unpaired) electrons. The number of hydrogen-bond acceptors (Lipinski definition) is 1. The molecular formula is C14H20ClN. The van der Waals surface area contributed by atoms with Crippen LogP contribution in [0.3, 0.4) is 0 Å². The van der Waals surface area contributed by atoms with Gasteiger partial charge >= 0.3 is 0 Å². The van der Waals surface area contributed by atoms with Gasteiger partial charge in [-0.05, 0) is 48.8 Å². The Balaban J connectivity index is 2.14. The fourth-order valence-electron chi connectivity index (χ4n) is 2.67. The van der Waals surface area contributed by atoms with Gasteiger partial charge in [-0.25, -0.2) is 0 Å². The van der Waals surface area contributed by atoms with Crippen LogP contribution >= 0.6 is 11.6 Å². The van der Waals surface area contributed by atoms with E-state index < -0.39 is 0 Å². The van der Waals surface area contributed by atoms with Gasteiger partial charge < -0.3 is 5.73 Å². The van der Waals surface area contributed by atoms with E-state index in [-0.39, 0.29) is 6.04 Å². The summed E-state index contributed by atoms with van der Waals surface area (Å²) in [6.07, 6.45) is 3.83. The fourth-order valence-corrected chi connectivity index (χ4v) is 2.85. The van der Waals surface area contributed by atoms with Crippen LogP contribution in [-0.4, -0.2) is 0 Å². The van der Waals surface area contributed by atoms with Crippen molar-refractivity contribution in [1.82, 2.24) is 0 Å². The highest BCUT2D eigenvalue weighted by molar-refractivity contribution is 6.31. The van der Waals surface area contributed by atoms with Crippen LogP contribution in [0.5, 0.6) is 0 Å². The van der Waals surface area contributed by atoms with Crippen molar-refractivity contribution in [2.24, 2.45) is 17.6 Å². The summed E-state index contributed by atoms with van der Waals surface area (Å²) in [6, 6.07) is 6.37. The first-order valence-electron chi connectivity index (χ1n) is 6.09. The minimum absolute atomic E-state index is 0.156. The largest absolute Gasteiger partial charge is 0.324 e. The molecule has 3 atom stereocenters. The van der Waals surface area contributed by atoms with E-state index in [1.165, 1.54) is 24.8 Å². The first-order chi connectivity index (χ1) is 7.58. The normalized spacial score (nSPS) is 27.0. The molecule has 3 unspecified atom stereocenters. The molecule has 0 bridgehead atoms. The number of benzene rings is 1. The molecule has 2 N–H and O–H groups in total. The lowest BCUT2D eigenvalue weighted by Gasteiger charge is -2.20. The molecule has 1 aliphatic rings. The van der Waals surface area contributed by atoms with Crippen molar-refractivity contribution in [2.45, 2.75) is 39.2 Å². The van der Waals surface area contributed by atoms with Crippen molar-refractivity contribution in [3.05, 3.63) is 34.3 Å². The molecule has 1 nitrogen and oxygen atoms in total. The zero-order valence-electron chi connectivity index (χ0n) is 10.0. The summed E-state index contributed by atoms with van der Waals surface area (Å²) in [5, 5.41) is 0.832. The summed E-state index contributed by atoms with van der Waals surface area (Å²) < 4.78 is 0. The standard InChI is InChI=1S/C14H20ClN/c1-9-3-5-11(7-9)14(16)12-6-4-10(2)13(15)8-12/h4,6,8-9,11,14H,3,5,7,16H2,1-2H3. The van der Waals surface area contributed by atoms with Crippen LogP contribution in [0.1, 0.15) is 43.4 Å². The Hall–Kier alpha value is -0.530. The van der Waals surface area contributed by atoms with Crippen molar-refractivity contribution in [3.8, 4) is 0 Å². The lowest BCUT2D eigenvalue weighted by Crippen LogP contribution is -2.19. The van der Waals surface area contributed by atoms with Gasteiger partial charge in [0.05, 0.1) is 0 Å². The molecule has 88 valence electrons. The van der Waals surface area contributed by atoms with E-state index in [0.29, 0.717) is 5.92 Å². The van der Waals surface area contributed by atoms with Crippen LogP contribution in [0.4, 0.5) is 0 Å². The molecule has 1 saturated carbocycles. The Morgan fingerprint density at radius 2 is 2.12 bits per heavy atom. The van der Waals surface area contributed by atoms with Crippen LogP contribution in [0.2, 0.25) is 5.02 Å². The molecule has 2 rings (SSSR count). The lowest BCUT2D eigenvalue weighted by atomic mass is 9.91. The van der Waals surface area contributed by atoms with Gasteiger partial charge in [-0.15, -0.1) is 0 Å². The van der Waals surface area contributed by atoms with E-state index in [9.17, 15) is 0 Å². The van der Waals surface area contributed by atoms with Gasteiger partial charge in [0.15, 0.2) is 0 Å². The average molecular weight is 238 g/mol. The fraction of sp³-hybridized carbons (Fsp3) is 0.571. The second-order valence-corrected chi connectivity index (χ2v) is 5.62. The molecule has 1 aliphatic carbocycles. The van der Waals surface area contributed by atoms with E-state index in [0.717, 1.165) is 16.5 Å². The maximum atomic E-state index is 6.32. The van der Waals surface area contributed by atoms with Crippen molar-refractivity contribution in [2.75, 3.05) is 0 Å². The van der Waals surface area contributed by atoms with Crippen LogP contribution in [0.25, 0.3) is 0 Å². The molecule has 16 heavy (non-hydrogen) atoms. The zero-order chi connectivity index (χ0) is 11.7. The summed E-state index contributed by atoms with van der Waals surface area (Å²) in [6.45, 7) is 4.34. The molecule has 1 fully saturated rings. The number of aryl methyl sites for hydroxylation is 1. The summed E-state index contributed by atoms with van der Waals surface area (Å²) in [5.41, 5.74) is 8.63. The van der Waals surface area contributed by atoms with Gasteiger partial charge in [0.25, 0.3) is 0 Å². The van der Waals surface area contributed by atoms with E-state index in [4.69, 9.17) is 17.3 Å². The molecule has 1 aromatic rings. The molecule has 0 aliphatic heterocycles. The Morgan fingerprint density at radius 1 is 1.38 bits per heavy atom. The molecule has 0 heterocycles. The lowest BCUT2D eigenvalue weighted by molar-refractivity contribution is 0.429. The molecule has 1 aromatic carbocycles. The summed E-state index contributed by atoms with van der Waals surface area (Å²) in [5.74, 6) is 1.46. The highest BCUT2D eigenvalue weighted by Crippen LogP contribution is 2.38. The van der Waals surface area contributed by atoms with Crippen molar-refractivity contribution < 1.29 is 0 Å². The summed E-state index contributed by atoms with van der Waals surface area (Å²) in [4.78, 5) is 0. The van der Waals surface area contributed by atoms with E-state index in [1.807, 2.05) is 13.0 Å². The predicted octanol–water partition coefficient (Wildman–Crippen LogP) is 4.08. The number of halogens is 1. The van der Waals surface area contributed by atoms with Crippen molar-refractivity contribution >= 4 is 11.6 Å². The minimum Gasteiger partial charge on any atom is -0.324 e. The van der Waals surface area contributed by atoms with Crippen LogP contribution in [0, 0.1) is 18.8 Å². The van der Waals surface area contributed by atoms with Gasteiger partial charge in [-0.1, -0.05) is 37.1 Å². The molecule has 0 saturated heterocycles. The third-order valence-corrected chi connectivity index (χ3v) is 4.23. The topological polar surface area (TPSA) is 26.0 Å². The van der Waals surface area contributed by atoms with E-state index in [1.54, 1.807) is 0 Å². The van der Waals surface area contributed by atoms with Gasteiger partial charge in [-0.2, -0.15) is 0 Å². The molecule has 0 spiro atoms. The van der Waals surface area contributed by atoms with E-state index in [2.05, 4.69) is 19.1 Å². The van der Waals surface area contributed by atoms with Gasteiger partial charge in [-0.3, -0.25) is 0 Å². The summed E-state index contributed by atoms with van der Waals surface area (Å²) in [7, 11) is 0. The average Bonchev–Trinajstić information content (AvgIpc) is 2.68. The van der Waals surface area contributed by atoms with Gasteiger partial charge in [0, 0.05) is 11.1 Å². The van der Waals surface area contributed by atoms with Crippen LogP contribution in [-0.2, 0) is 0 Å². The molecule has 0 aromatic heterocycles. The third kappa shape index (κ3) is 2.41. The molecular weight excluding hydrogens is 218 g/mol. The SMILES string of the molecule is Cc1ccc(C(N)C2CCC(C)C2)cc1Cl. The Kier molecular flexibility index (Phi) is 3.56. The maximum Gasteiger partial charge on any atom is 0.0438 e. The monoisotopic (exact) mass is 237 g/mol. The second-order valence-electron chi connectivity index (χ2n) is 5.21. The smallest absolute Gasteiger partial charge is 0.0438 e. The Labute approximate surface area is 103 Å². The molecule has 0 amide bonds. The van der Waals surface area contributed by atoms with E-state index >= 15 is 0 Å². The predicted molar refractivity (Wildman–Crippen MR) is 69.6 cm³/mol. The highest BCUT2D eigenvalue weighted by Gasteiger charge is 2.27. The maximum absolute atomic E-state index is 6.32. The third-order valence-electron chi connectivity index (χ3n) is 3.82. The first-order valence-corrected chi connectivity index (χ1v) is 6.47. The Bertz CT molecular complexity index is 375.